The van der Waals surface area contributed by atoms with Crippen molar-refractivity contribution in [1.82, 2.24) is 5.32 Å². The van der Waals surface area contributed by atoms with Gasteiger partial charge in [-0.25, -0.2) is 8.42 Å². The number of hydrogen-bond donors (Lipinski definition) is 4. The predicted molar refractivity (Wildman–Crippen MR) is 161 cm³/mol. The zero-order valence-corrected chi connectivity index (χ0v) is 24.1. The number of hydrogen-bond acceptors (Lipinski definition) is 7. The number of ether oxygens (including phenoxy) is 2. The maximum Gasteiger partial charge on any atom is 0.229 e. The van der Waals surface area contributed by atoms with Gasteiger partial charge in [0.2, 0.25) is 10.0 Å². The molecule has 10 heteroatoms. The quantitative estimate of drug-likeness (QED) is 0.156. The van der Waals surface area contributed by atoms with Gasteiger partial charge in [-0.15, -0.1) is 0 Å². The molecule has 4 aromatic carbocycles. The lowest BCUT2D eigenvalue weighted by molar-refractivity contribution is 0.158. The van der Waals surface area contributed by atoms with Gasteiger partial charge < -0.3 is 25.0 Å². The Hall–Kier alpha value is -3.60. The highest BCUT2D eigenvalue weighted by Gasteiger charge is 2.17. The molecule has 0 spiro atoms. The summed E-state index contributed by atoms with van der Waals surface area (Å²) in [6, 6.07) is 28.7. The summed E-state index contributed by atoms with van der Waals surface area (Å²) in [6.07, 6.45) is 0.626. The van der Waals surface area contributed by atoms with E-state index in [-0.39, 0.29) is 31.5 Å². The topological polar surface area (TPSA) is 117 Å². The van der Waals surface area contributed by atoms with E-state index >= 15 is 0 Å². The highest BCUT2D eigenvalue weighted by molar-refractivity contribution is 7.92. The average molecular weight is 597 g/mol. The molecule has 8 nitrogen and oxygen atoms in total. The second kappa shape index (κ2) is 14.3. The van der Waals surface area contributed by atoms with Crippen molar-refractivity contribution >= 4 is 27.3 Å². The number of aliphatic hydroxyl groups is 2. The summed E-state index contributed by atoms with van der Waals surface area (Å²) in [7, 11) is -3.59. The van der Waals surface area contributed by atoms with Gasteiger partial charge in [0.05, 0.1) is 24.7 Å². The van der Waals surface area contributed by atoms with Crippen molar-refractivity contribution in [2.24, 2.45) is 0 Å². The molecule has 0 amide bonds. The molecule has 0 aromatic heterocycles. The Morgan fingerprint density at radius 2 is 1.54 bits per heavy atom. The van der Waals surface area contributed by atoms with Crippen LogP contribution in [0, 0.1) is 0 Å². The van der Waals surface area contributed by atoms with E-state index in [9.17, 15) is 18.6 Å². The number of aliphatic hydroxyl groups excluding tert-OH is 2. The zero-order chi connectivity index (χ0) is 29.2. The molecule has 2 atom stereocenters. The van der Waals surface area contributed by atoms with Crippen LogP contribution in [0.4, 0.5) is 5.69 Å². The van der Waals surface area contributed by atoms with E-state index in [0.717, 1.165) is 17.4 Å². The van der Waals surface area contributed by atoms with Crippen molar-refractivity contribution in [3.8, 4) is 17.2 Å². The minimum absolute atomic E-state index is 0.136. The Morgan fingerprint density at radius 1 is 0.878 bits per heavy atom. The van der Waals surface area contributed by atoms with E-state index < -0.39 is 16.1 Å². The fourth-order valence-corrected chi connectivity index (χ4v) is 4.79. The Morgan fingerprint density at radius 3 is 2.17 bits per heavy atom. The average Bonchev–Trinajstić information content (AvgIpc) is 2.96. The summed E-state index contributed by atoms with van der Waals surface area (Å²) >= 11 is 5.92. The van der Waals surface area contributed by atoms with E-state index in [1.54, 1.807) is 42.5 Å². The van der Waals surface area contributed by atoms with Crippen LogP contribution in [0.2, 0.25) is 5.02 Å². The van der Waals surface area contributed by atoms with Gasteiger partial charge in [0.15, 0.2) is 0 Å². The summed E-state index contributed by atoms with van der Waals surface area (Å²) in [6.45, 7) is 0.267. The third kappa shape index (κ3) is 9.77. The molecule has 41 heavy (non-hydrogen) atoms. The molecule has 0 radical (unpaired) electrons. The van der Waals surface area contributed by atoms with Crippen LogP contribution in [0.15, 0.2) is 97.1 Å². The molecule has 4 aromatic rings. The van der Waals surface area contributed by atoms with Crippen LogP contribution < -0.4 is 19.5 Å². The number of nitrogens with one attached hydrogen (secondary N) is 2. The van der Waals surface area contributed by atoms with Crippen LogP contribution in [-0.2, 0) is 23.1 Å². The number of benzene rings is 4. The molecule has 216 valence electrons. The summed E-state index contributed by atoms with van der Waals surface area (Å²) in [5.74, 6) is 1.70. The summed E-state index contributed by atoms with van der Waals surface area (Å²) in [4.78, 5) is 0. The van der Waals surface area contributed by atoms with Crippen molar-refractivity contribution in [2.45, 2.75) is 25.2 Å². The lowest BCUT2D eigenvalue weighted by Crippen LogP contribution is -2.37. The van der Waals surface area contributed by atoms with Gasteiger partial charge in [0.1, 0.15) is 23.9 Å². The van der Waals surface area contributed by atoms with Gasteiger partial charge in [-0.1, -0.05) is 60.1 Å². The van der Waals surface area contributed by atoms with Gasteiger partial charge in [-0.3, -0.25) is 4.72 Å². The molecule has 0 heterocycles. The minimum Gasteiger partial charge on any atom is -0.487 e. The van der Waals surface area contributed by atoms with Crippen LogP contribution >= 0.6 is 11.6 Å². The van der Waals surface area contributed by atoms with Gasteiger partial charge >= 0.3 is 0 Å². The fraction of sp³-hybridized carbons (Fsp3) is 0.226. The van der Waals surface area contributed by atoms with Crippen molar-refractivity contribution < 1.29 is 28.1 Å². The maximum atomic E-state index is 12.0. The smallest absolute Gasteiger partial charge is 0.229 e. The Bertz CT molecular complexity index is 1500. The number of halogens is 1. The molecule has 0 fully saturated rings. The second-order valence-electron chi connectivity index (χ2n) is 9.61. The molecule has 0 saturated carbocycles. The second-order valence-corrected chi connectivity index (χ2v) is 11.8. The maximum absolute atomic E-state index is 12.0. The Labute approximate surface area is 245 Å². The molecule has 0 aliphatic rings. The highest BCUT2D eigenvalue weighted by Crippen LogP contribution is 2.30. The van der Waals surface area contributed by atoms with Crippen LogP contribution in [0.5, 0.6) is 17.2 Å². The van der Waals surface area contributed by atoms with Crippen molar-refractivity contribution in [2.75, 3.05) is 24.1 Å². The third-order valence-electron chi connectivity index (χ3n) is 6.20. The molecule has 0 aliphatic carbocycles. The zero-order valence-electron chi connectivity index (χ0n) is 22.5. The molecule has 0 aliphatic heterocycles. The van der Waals surface area contributed by atoms with Crippen molar-refractivity contribution in [3.63, 3.8) is 0 Å². The van der Waals surface area contributed by atoms with E-state index in [1.807, 2.05) is 54.6 Å². The van der Waals surface area contributed by atoms with Crippen LogP contribution in [0.3, 0.4) is 0 Å². The first-order chi connectivity index (χ1) is 19.7. The van der Waals surface area contributed by atoms with Crippen LogP contribution in [0.25, 0.3) is 0 Å². The van der Waals surface area contributed by atoms with E-state index in [1.165, 1.54) is 0 Å². The predicted octanol–water partition coefficient (Wildman–Crippen LogP) is 5.31. The third-order valence-corrected chi connectivity index (χ3v) is 7.04. The summed E-state index contributed by atoms with van der Waals surface area (Å²) < 4.78 is 38.1. The Balaban J connectivity index is 1.35. The number of anilines is 1. The minimum atomic E-state index is -3.59. The van der Waals surface area contributed by atoms with E-state index in [0.29, 0.717) is 34.3 Å². The highest BCUT2D eigenvalue weighted by atomic mass is 35.5. The SMILES string of the molecule is CS(=O)(=O)Nc1cc([C@@H](O)CN[C@H](CO)Cc2ccc(Oc3ccc(Cl)cc3)cc2)ccc1OCc1ccccc1. The monoisotopic (exact) mass is 596 g/mol. The molecular weight excluding hydrogens is 564 g/mol. The first kappa shape index (κ1) is 30.4. The number of rotatable bonds is 14. The molecule has 0 unspecified atom stereocenters. The normalized spacial score (nSPS) is 12.9. The number of sulfonamides is 1. The summed E-state index contributed by atoms with van der Waals surface area (Å²) in [5, 5.41) is 24.6. The van der Waals surface area contributed by atoms with Gasteiger partial charge in [-0.2, -0.15) is 0 Å². The molecule has 0 saturated heterocycles. The van der Waals surface area contributed by atoms with E-state index in [2.05, 4.69) is 10.0 Å². The molecule has 0 bridgehead atoms. The van der Waals surface area contributed by atoms with Gasteiger partial charge in [-0.05, 0) is 71.6 Å². The fourth-order valence-electron chi connectivity index (χ4n) is 4.11. The van der Waals surface area contributed by atoms with Crippen LogP contribution in [0.1, 0.15) is 22.8 Å². The molecular formula is C31H33ClN2O6S. The van der Waals surface area contributed by atoms with Crippen molar-refractivity contribution in [1.29, 1.82) is 0 Å². The first-order valence-corrected chi connectivity index (χ1v) is 15.3. The lowest BCUT2D eigenvalue weighted by Gasteiger charge is -2.21. The van der Waals surface area contributed by atoms with Gasteiger partial charge in [0, 0.05) is 17.6 Å². The van der Waals surface area contributed by atoms with E-state index in [4.69, 9.17) is 21.1 Å². The lowest BCUT2D eigenvalue weighted by atomic mass is 10.0. The molecule has 4 N–H and O–H groups in total. The Kier molecular flexibility index (Phi) is 10.6. The van der Waals surface area contributed by atoms with Crippen LogP contribution in [-0.4, -0.2) is 44.1 Å². The van der Waals surface area contributed by atoms with Gasteiger partial charge in [0.25, 0.3) is 0 Å². The first-order valence-electron chi connectivity index (χ1n) is 13.0. The van der Waals surface area contributed by atoms with Crippen molar-refractivity contribution in [3.05, 3.63) is 119 Å². The standard InChI is InChI=1S/C31H33ClN2O6S/c1-41(37,38)34-29-18-24(9-16-31(29)39-21-23-5-3-2-4-6-23)30(36)19-33-26(20-35)17-22-7-12-27(13-8-22)40-28-14-10-25(32)11-15-28/h2-16,18,26,30,33-36H,17,19-21H2,1H3/t26-,30-/m0/s1. The summed E-state index contributed by atoms with van der Waals surface area (Å²) in [5.41, 5.74) is 2.65. The molecule has 4 rings (SSSR count). The largest absolute Gasteiger partial charge is 0.487 e.